The molecule has 2 atom stereocenters. The molecule has 1 rings (SSSR count). The molecule has 0 aromatic heterocycles. The second-order valence-corrected chi connectivity index (χ2v) is 3.76. The van der Waals surface area contributed by atoms with Gasteiger partial charge < -0.3 is 4.90 Å². The van der Waals surface area contributed by atoms with Gasteiger partial charge in [-0.1, -0.05) is 20.8 Å². The molecule has 0 radical (unpaired) electrons. The zero-order valence-electron chi connectivity index (χ0n) is 8.29. The molecule has 1 N–H and O–H groups in total. The maximum absolute atomic E-state index is 11.6. The Labute approximate surface area is 74.1 Å². The molecule has 0 bridgehead atoms. The van der Waals surface area contributed by atoms with Crippen molar-refractivity contribution >= 4 is 5.91 Å². The van der Waals surface area contributed by atoms with Crippen molar-refractivity contribution in [3.8, 4) is 0 Å². The van der Waals surface area contributed by atoms with Crippen LogP contribution in [0.4, 0.5) is 0 Å². The van der Waals surface area contributed by atoms with Crippen LogP contribution in [0.3, 0.4) is 0 Å². The molecule has 3 nitrogen and oxygen atoms in total. The summed E-state index contributed by atoms with van der Waals surface area (Å²) >= 11 is 0. The van der Waals surface area contributed by atoms with Crippen LogP contribution in [0, 0.1) is 5.92 Å². The highest BCUT2D eigenvalue weighted by molar-refractivity contribution is 5.84. The number of nitrogens with one attached hydrogen (secondary N) is 1. The number of carbonyl (C=O) groups is 1. The number of carbonyl (C=O) groups excluding carboxylic acids is 1. The summed E-state index contributed by atoms with van der Waals surface area (Å²) in [6, 6.07) is 0.0277. The van der Waals surface area contributed by atoms with Crippen molar-refractivity contribution in [1.29, 1.82) is 0 Å². The van der Waals surface area contributed by atoms with Gasteiger partial charge in [-0.3, -0.25) is 10.1 Å². The maximum atomic E-state index is 11.6. The minimum Gasteiger partial charge on any atom is -0.329 e. The van der Waals surface area contributed by atoms with Crippen LogP contribution in [-0.2, 0) is 4.79 Å². The van der Waals surface area contributed by atoms with Gasteiger partial charge in [-0.05, 0) is 12.3 Å². The normalized spacial score (nSPS) is 30.4. The number of likely N-dealkylation sites (N-methyl/N-ethyl adjacent to an activating group) is 1. The third-order valence-corrected chi connectivity index (χ3v) is 2.51. The molecule has 1 fully saturated rings. The molecular formula is C9H18N2O. The Morgan fingerprint density at radius 2 is 2.17 bits per heavy atom. The summed E-state index contributed by atoms with van der Waals surface area (Å²) in [5, 5.41) is 3.32. The summed E-state index contributed by atoms with van der Waals surface area (Å²) in [5.74, 6) is 0.619. The fourth-order valence-electron chi connectivity index (χ4n) is 1.63. The molecule has 1 amide bonds. The van der Waals surface area contributed by atoms with E-state index in [-0.39, 0.29) is 18.1 Å². The topological polar surface area (TPSA) is 32.3 Å². The van der Waals surface area contributed by atoms with Crippen LogP contribution in [-0.4, -0.2) is 30.1 Å². The van der Waals surface area contributed by atoms with Crippen LogP contribution >= 0.6 is 0 Å². The monoisotopic (exact) mass is 170 g/mol. The highest BCUT2D eigenvalue weighted by Crippen LogP contribution is 2.16. The molecule has 1 saturated heterocycles. The SMILES string of the molecule is CCC1NC(C(C)C)C(=O)N1C. The van der Waals surface area contributed by atoms with Crippen molar-refractivity contribution in [3.63, 3.8) is 0 Å². The smallest absolute Gasteiger partial charge is 0.241 e. The van der Waals surface area contributed by atoms with Gasteiger partial charge in [0.15, 0.2) is 0 Å². The van der Waals surface area contributed by atoms with Gasteiger partial charge in [0.25, 0.3) is 0 Å². The third kappa shape index (κ3) is 1.46. The quantitative estimate of drug-likeness (QED) is 0.665. The predicted octanol–water partition coefficient (Wildman–Crippen LogP) is 0.809. The predicted molar refractivity (Wildman–Crippen MR) is 48.6 cm³/mol. The van der Waals surface area contributed by atoms with E-state index in [1.54, 1.807) is 0 Å². The van der Waals surface area contributed by atoms with Crippen molar-refractivity contribution in [2.24, 2.45) is 5.92 Å². The molecule has 0 aromatic carbocycles. The Morgan fingerprint density at radius 3 is 2.42 bits per heavy atom. The number of nitrogens with zero attached hydrogens (tertiary/aromatic N) is 1. The fraction of sp³-hybridized carbons (Fsp3) is 0.889. The number of hydrogen-bond donors (Lipinski definition) is 1. The molecule has 0 saturated carbocycles. The largest absolute Gasteiger partial charge is 0.329 e. The Balaban J connectivity index is 2.67. The van der Waals surface area contributed by atoms with Gasteiger partial charge in [-0.2, -0.15) is 0 Å². The Morgan fingerprint density at radius 1 is 1.58 bits per heavy atom. The summed E-state index contributed by atoms with van der Waals surface area (Å²) in [7, 11) is 1.87. The first-order valence-corrected chi connectivity index (χ1v) is 4.60. The summed E-state index contributed by atoms with van der Waals surface area (Å²) < 4.78 is 0. The van der Waals surface area contributed by atoms with Gasteiger partial charge in [0.1, 0.15) is 0 Å². The minimum atomic E-state index is 0.0277. The van der Waals surface area contributed by atoms with Gasteiger partial charge >= 0.3 is 0 Å². The summed E-state index contributed by atoms with van der Waals surface area (Å²) in [6.45, 7) is 6.23. The average Bonchev–Trinajstić information content (AvgIpc) is 2.30. The van der Waals surface area contributed by atoms with Crippen molar-refractivity contribution in [3.05, 3.63) is 0 Å². The highest BCUT2D eigenvalue weighted by Gasteiger charge is 2.36. The van der Waals surface area contributed by atoms with E-state index in [9.17, 15) is 4.79 Å². The maximum Gasteiger partial charge on any atom is 0.241 e. The summed E-state index contributed by atoms with van der Waals surface area (Å²) in [4.78, 5) is 13.4. The molecule has 12 heavy (non-hydrogen) atoms. The number of rotatable bonds is 2. The molecule has 1 aliphatic rings. The molecule has 1 heterocycles. The lowest BCUT2D eigenvalue weighted by Crippen LogP contribution is -2.35. The van der Waals surface area contributed by atoms with E-state index < -0.39 is 0 Å². The first kappa shape index (κ1) is 9.52. The average molecular weight is 170 g/mol. The molecule has 2 unspecified atom stereocenters. The summed E-state index contributed by atoms with van der Waals surface area (Å²) in [5.41, 5.74) is 0. The van der Waals surface area contributed by atoms with Crippen molar-refractivity contribution < 1.29 is 4.79 Å². The first-order valence-electron chi connectivity index (χ1n) is 4.60. The zero-order chi connectivity index (χ0) is 9.30. The molecule has 0 aliphatic carbocycles. The van der Waals surface area contributed by atoms with Gasteiger partial charge in [0, 0.05) is 7.05 Å². The van der Waals surface area contributed by atoms with E-state index in [1.165, 1.54) is 0 Å². The van der Waals surface area contributed by atoms with Crippen molar-refractivity contribution in [2.45, 2.75) is 39.4 Å². The Kier molecular flexibility index (Phi) is 2.73. The Bertz CT molecular complexity index is 179. The van der Waals surface area contributed by atoms with Crippen LogP contribution in [0.15, 0.2) is 0 Å². The third-order valence-electron chi connectivity index (χ3n) is 2.51. The van der Waals surface area contributed by atoms with E-state index in [2.05, 4.69) is 26.1 Å². The molecule has 0 spiro atoms. The van der Waals surface area contributed by atoms with Crippen LogP contribution in [0.5, 0.6) is 0 Å². The zero-order valence-corrected chi connectivity index (χ0v) is 8.29. The lowest BCUT2D eigenvalue weighted by molar-refractivity contribution is -0.129. The molecule has 70 valence electrons. The van der Waals surface area contributed by atoms with Gasteiger partial charge in [0.05, 0.1) is 12.2 Å². The number of hydrogen-bond acceptors (Lipinski definition) is 2. The van der Waals surface area contributed by atoms with Gasteiger partial charge in [-0.15, -0.1) is 0 Å². The van der Waals surface area contributed by atoms with E-state index in [1.807, 2.05) is 11.9 Å². The fourth-order valence-corrected chi connectivity index (χ4v) is 1.63. The molecule has 3 heteroatoms. The standard InChI is InChI=1S/C9H18N2O/c1-5-7-10-8(6(2)3)9(12)11(7)4/h6-8,10H,5H2,1-4H3. The molecular weight excluding hydrogens is 152 g/mol. The van der Waals surface area contributed by atoms with Crippen LogP contribution in [0.25, 0.3) is 0 Å². The van der Waals surface area contributed by atoms with E-state index in [0.717, 1.165) is 6.42 Å². The first-order chi connectivity index (χ1) is 5.57. The van der Waals surface area contributed by atoms with Crippen LogP contribution in [0.2, 0.25) is 0 Å². The summed E-state index contributed by atoms with van der Waals surface area (Å²) in [6.07, 6.45) is 1.22. The second-order valence-electron chi connectivity index (χ2n) is 3.76. The molecule has 1 aliphatic heterocycles. The molecule has 0 aromatic rings. The van der Waals surface area contributed by atoms with E-state index in [0.29, 0.717) is 5.92 Å². The minimum absolute atomic E-state index is 0.0277. The number of amides is 1. The Hall–Kier alpha value is -0.570. The van der Waals surface area contributed by atoms with Gasteiger partial charge in [0.2, 0.25) is 5.91 Å². The van der Waals surface area contributed by atoms with Gasteiger partial charge in [-0.25, -0.2) is 0 Å². The van der Waals surface area contributed by atoms with Crippen molar-refractivity contribution in [2.75, 3.05) is 7.05 Å². The second kappa shape index (κ2) is 3.44. The van der Waals surface area contributed by atoms with Crippen molar-refractivity contribution in [1.82, 2.24) is 10.2 Å². The lowest BCUT2D eigenvalue weighted by Gasteiger charge is -2.16. The highest BCUT2D eigenvalue weighted by atomic mass is 16.2. The van der Waals surface area contributed by atoms with Crippen LogP contribution in [0.1, 0.15) is 27.2 Å². The van der Waals surface area contributed by atoms with E-state index in [4.69, 9.17) is 0 Å². The van der Waals surface area contributed by atoms with E-state index >= 15 is 0 Å². The van der Waals surface area contributed by atoms with Crippen LogP contribution < -0.4 is 5.32 Å². The lowest BCUT2D eigenvalue weighted by atomic mass is 10.1.